The Morgan fingerprint density at radius 3 is 2.76 bits per heavy atom. The van der Waals surface area contributed by atoms with Gasteiger partial charge in [0, 0.05) is 28.6 Å². The van der Waals surface area contributed by atoms with Crippen LogP contribution in [0.2, 0.25) is 5.02 Å². The zero-order valence-electron chi connectivity index (χ0n) is 12.6. The van der Waals surface area contributed by atoms with Crippen molar-refractivity contribution in [2.24, 2.45) is 23.5 Å². The van der Waals surface area contributed by atoms with E-state index in [9.17, 15) is 0 Å². The first kappa shape index (κ1) is 15.8. The van der Waals surface area contributed by atoms with Gasteiger partial charge in [0.2, 0.25) is 0 Å². The van der Waals surface area contributed by atoms with Gasteiger partial charge in [0.25, 0.3) is 0 Å². The molecule has 2 bridgehead atoms. The second-order valence-electron chi connectivity index (χ2n) is 6.79. The Balaban J connectivity index is 1.70. The highest BCUT2D eigenvalue weighted by atomic mass is 79.9. The third kappa shape index (κ3) is 3.31. The minimum atomic E-state index is 0.260. The average molecular weight is 372 g/mol. The van der Waals surface area contributed by atoms with Crippen LogP contribution in [0.25, 0.3) is 0 Å². The van der Waals surface area contributed by atoms with Crippen LogP contribution in [0.1, 0.15) is 37.3 Å². The molecule has 4 heteroatoms. The number of halogens is 2. The van der Waals surface area contributed by atoms with Crippen LogP contribution < -0.4 is 5.73 Å². The molecule has 2 N–H and O–H groups in total. The number of fused-ring (bicyclic) bond motifs is 2. The molecule has 0 saturated heterocycles. The molecule has 3 rings (SSSR count). The van der Waals surface area contributed by atoms with Crippen molar-refractivity contribution in [3.63, 3.8) is 0 Å². The summed E-state index contributed by atoms with van der Waals surface area (Å²) in [6, 6.07) is 6.28. The van der Waals surface area contributed by atoms with Crippen molar-refractivity contribution >= 4 is 27.5 Å². The quantitative estimate of drug-likeness (QED) is 0.827. The second-order valence-corrected chi connectivity index (χ2v) is 8.08. The smallest absolute Gasteiger partial charge is 0.0478 e. The first-order valence-corrected chi connectivity index (χ1v) is 9.10. The summed E-state index contributed by atoms with van der Waals surface area (Å²) in [6.45, 7) is 1.80. The molecule has 21 heavy (non-hydrogen) atoms. The lowest BCUT2D eigenvalue weighted by Gasteiger charge is -2.33. The lowest BCUT2D eigenvalue weighted by Crippen LogP contribution is -2.35. The van der Waals surface area contributed by atoms with Gasteiger partial charge in [-0.3, -0.25) is 4.90 Å². The van der Waals surface area contributed by atoms with Gasteiger partial charge in [-0.1, -0.05) is 40.0 Å². The van der Waals surface area contributed by atoms with Crippen LogP contribution in [-0.4, -0.2) is 25.0 Å². The van der Waals surface area contributed by atoms with Crippen molar-refractivity contribution < 1.29 is 0 Å². The Morgan fingerprint density at radius 1 is 1.38 bits per heavy atom. The van der Waals surface area contributed by atoms with Crippen LogP contribution in [0.15, 0.2) is 22.7 Å². The highest BCUT2D eigenvalue weighted by Crippen LogP contribution is 2.48. The molecule has 4 unspecified atom stereocenters. The highest BCUT2D eigenvalue weighted by Gasteiger charge is 2.40. The SMILES string of the molecule is CN(CC1CC2CCC1C2)C(CN)c1ccc(Cl)cc1Br. The number of hydrogen-bond acceptors (Lipinski definition) is 2. The summed E-state index contributed by atoms with van der Waals surface area (Å²) in [7, 11) is 2.21. The molecule has 1 aromatic rings. The van der Waals surface area contributed by atoms with E-state index in [-0.39, 0.29) is 6.04 Å². The normalized spacial score (nSPS) is 29.3. The molecule has 0 amide bonds. The number of rotatable bonds is 5. The summed E-state index contributed by atoms with van der Waals surface area (Å²) in [4.78, 5) is 2.44. The maximum absolute atomic E-state index is 6.07. The van der Waals surface area contributed by atoms with Crippen molar-refractivity contribution in [1.29, 1.82) is 0 Å². The molecule has 116 valence electrons. The summed E-state index contributed by atoms with van der Waals surface area (Å²) < 4.78 is 1.06. The fraction of sp³-hybridized carbons (Fsp3) is 0.647. The van der Waals surface area contributed by atoms with E-state index in [0.717, 1.165) is 33.8 Å². The molecule has 4 atom stereocenters. The number of nitrogens with two attached hydrogens (primary N) is 1. The lowest BCUT2D eigenvalue weighted by molar-refractivity contribution is 0.175. The van der Waals surface area contributed by atoms with Crippen molar-refractivity contribution in [2.45, 2.75) is 31.7 Å². The minimum absolute atomic E-state index is 0.260. The van der Waals surface area contributed by atoms with Gasteiger partial charge in [-0.2, -0.15) is 0 Å². The fourth-order valence-electron chi connectivity index (χ4n) is 4.41. The third-order valence-electron chi connectivity index (χ3n) is 5.48. The highest BCUT2D eigenvalue weighted by molar-refractivity contribution is 9.10. The fourth-order valence-corrected chi connectivity index (χ4v) is 5.36. The summed E-state index contributed by atoms with van der Waals surface area (Å²) in [6.07, 6.45) is 5.81. The Labute approximate surface area is 141 Å². The molecule has 0 heterocycles. The van der Waals surface area contributed by atoms with E-state index in [0.29, 0.717) is 6.54 Å². The van der Waals surface area contributed by atoms with Gasteiger partial charge in [-0.15, -0.1) is 0 Å². The summed E-state index contributed by atoms with van der Waals surface area (Å²) in [5.74, 6) is 2.84. The van der Waals surface area contributed by atoms with E-state index in [1.165, 1.54) is 31.2 Å². The molecular formula is C17H24BrClN2. The maximum Gasteiger partial charge on any atom is 0.0478 e. The monoisotopic (exact) mass is 370 g/mol. The maximum atomic E-state index is 6.07. The molecule has 2 saturated carbocycles. The van der Waals surface area contributed by atoms with Gasteiger partial charge >= 0.3 is 0 Å². The van der Waals surface area contributed by atoms with Gasteiger partial charge < -0.3 is 5.73 Å². The molecule has 0 radical (unpaired) electrons. The Bertz CT molecular complexity index is 508. The predicted molar refractivity (Wildman–Crippen MR) is 92.5 cm³/mol. The molecule has 1 aromatic carbocycles. The molecule has 0 aliphatic heterocycles. The van der Waals surface area contributed by atoms with Crippen LogP contribution >= 0.6 is 27.5 Å². The van der Waals surface area contributed by atoms with E-state index in [4.69, 9.17) is 17.3 Å². The van der Waals surface area contributed by atoms with Crippen molar-refractivity contribution in [3.05, 3.63) is 33.3 Å². The Hall–Kier alpha value is -0.0900. The largest absolute Gasteiger partial charge is 0.329 e. The summed E-state index contributed by atoms with van der Waals surface area (Å²) in [5, 5.41) is 0.761. The van der Waals surface area contributed by atoms with E-state index >= 15 is 0 Å². The van der Waals surface area contributed by atoms with Gasteiger partial charge in [-0.25, -0.2) is 0 Å². The lowest BCUT2D eigenvalue weighted by atomic mass is 9.88. The molecular weight excluding hydrogens is 348 g/mol. The zero-order chi connectivity index (χ0) is 15.0. The minimum Gasteiger partial charge on any atom is -0.329 e. The predicted octanol–water partition coefficient (Wildman–Crippen LogP) is 4.47. The van der Waals surface area contributed by atoms with Gasteiger partial charge in [-0.05, 0) is 61.8 Å². The molecule has 2 nitrogen and oxygen atoms in total. The molecule has 2 fully saturated rings. The van der Waals surface area contributed by atoms with E-state index in [1.54, 1.807) is 0 Å². The van der Waals surface area contributed by atoms with Crippen LogP contribution in [0.5, 0.6) is 0 Å². The molecule has 2 aliphatic carbocycles. The Morgan fingerprint density at radius 2 is 2.19 bits per heavy atom. The van der Waals surface area contributed by atoms with E-state index in [1.807, 2.05) is 12.1 Å². The second kappa shape index (κ2) is 6.57. The standard InChI is InChI=1S/C17H24BrClN2/c1-21(10-13-7-11-2-3-12(13)6-11)17(9-20)15-5-4-14(19)8-16(15)18/h4-5,8,11-13,17H,2-3,6-7,9-10,20H2,1H3. The zero-order valence-corrected chi connectivity index (χ0v) is 14.9. The average Bonchev–Trinajstić information content (AvgIpc) is 3.04. The van der Waals surface area contributed by atoms with Gasteiger partial charge in [0.1, 0.15) is 0 Å². The van der Waals surface area contributed by atoms with Crippen molar-refractivity contribution in [3.8, 4) is 0 Å². The van der Waals surface area contributed by atoms with Crippen LogP contribution in [0.4, 0.5) is 0 Å². The Kier molecular flexibility index (Phi) is 4.94. The number of hydrogen-bond donors (Lipinski definition) is 1. The molecule has 0 spiro atoms. The summed E-state index contributed by atoms with van der Waals surface area (Å²) in [5.41, 5.74) is 7.31. The number of nitrogens with zero attached hydrogens (tertiary/aromatic N) is 1. The number of benzene rings is 1. The van der Waals surface area contributed by atoms with Crippen LogP contribution in [-0.2, 0) is 0 Å². The van der Waals surface area contributed by atoms with Gasteiger partial charge in [0.15, 0.2) is 0 Å². The molecule has 2 aliphatic rings. The van der Waals surface area contributed by atoms with Crippen LogP contribution in [0.3, 0.4) is 0 Å². The van der Waals surface area contributed by atoms with Crippen molar-refractivity contribution in [1.82, 2.24) is 4.90 Å². The summed E-state index contributed by atoms with van der Waals surface area (Å²) >= 11 is 9.69. The van der Waals surface area contributed by atoms with Crippen LogP contribution in [0, 0.1) is 17.8 Å². The first-order valence-electron chi connectivity index (χ1n) is 7.93. The molecule has 0 aromatic heterocycles. The first-order chi connectivity index (χ1) is 10.1. The third-order valence-corrected chi connectivity index (χ3v) is 6.41. The topological polar surface area (TPSA) is 29.3 Å². The van der Waals surface area contributed by atoms with Gasteiger partial charge in [0.05, 0.1) is 0 Å². The van der Waals surface area contributed by atoms with E-state index in [2.05, 4.69) is 33.9 Å². The number of likely N-dealkylation sites (N-methyl/N-ethyl adjacent to an activating group) is 1. The van der Waals surface area contributed by atoms with Crippen molar-refractivity contribution in [2.75, 3.05) is 20.1 Å². The van der Waals surface area contributed by atoms with E-state index < -0.39 is 0 Å².